The highest BCUT2D eigenvalue weighted by molar-refractivity contribution is 5.94. The highest BCUT2D eigenvalue weighted by Gasteiger charge is 2.23. The fourth-order valence-electron chi connectivity index (χ4n) is 3.23. The first-order valence-corrected chi connectivity index (χ1v) is 9.37. The van der Waals surface area contributed by atoms with Gasteiger partial charge in [-0.15, -0.1) is 0 Å². The lowest BCUT2D eigenvalue weighted by molar-refractivity contribution is 0.0746. The van der Waals surface area contributed by atoms with Crippen molar-refractivity contribution in [2.45, 2.75) is 20.8 Å². The van der Waals surface area contributed by atoms with Gasteiger partial charge in [-0.1, -0.05) is 38.1 Å². The highest BCUT2D eigenvalue weighted by atomic mass is 16.5. The Labute approximate surface area is 156 Å². The number of aryl methyl sites for hydroxylation is 1. The molecule has 4 heteroatoms. The van der Waals surface area contributed by atoms with Gasteiger partial charge in [0.25, 0.3) is 5.91 Å². The van der Waals surface area contributed by atoms with Crippen molar-refractivity contribution in [2.75, 3.05) is 37.7 Å². The molecule has 0 N–H and O–H groups in total. The predicted molar refractivity (Wildman–Crippen MR) is 106 cm³/mol. The van der Waals surface area contributed by atoms with Gasteiger partial charge in [-0.25, -0.2) is 0 Å². The van der Waals surface area contributed by atoms with Crippen LogP contribution in [0.5, 0.6) is 5.75 Å². The first kappa shape index (κ1) is 18.3. The Morgan fingerprint density at radius 2 is 1.77 bits per heavy atom. The molecule has 0 saturated carbocycles. The number of carbonyl (C=O) groups excluding carboxylic acids is 1. The lowest BCUT2D eigenvalue weighted by atomic mass is 10.1. The number of rotatable bonds is 5. The molecule has 1 fully saturated rings. The summed E-state index contributed by atoms with van der Waals surface area (Å²) >= 11 is 0. The maximum absolute atomic E-state index is 12.9. The molecule has 2 aromatic carbocycles. The van der Waals surface area contributed by atoms with Crippen LogP contribution in [0.3, 0.4) is 0 Å². The second-order valence-corrected chi connectivity index (χ2v) is 7.30. The summed E-state index contributed by atoms with van der Waals surface area (Å²) in [6.07, 6.45) is 0. The Bertz CT molecular complexity index is 749. The van der Waals surface area contributed by atoms with Gasteiger partial charge in [0.2, 0.25) is 0 Å². The largest absolute Gasteiger partial charge is 0.493 e. The summed E-state index contributed by atoms with van der Waals surface area (Å²) in [6, 6.07) is 16.0. The van der Waals surface area contributed by atoms with Gasteiger partial charge >= 0.3 is 0 Å². The number of carbonyl (C=O) groups is 1. The van der Waals surface area contributed by atoms with Crippen LogP contribution >= 0.6 is 0 Å². The van der Waals surface area contributed by atoms with Gasteiger partial charge in [0, 0.05) is 37.4 Å². The SMILES string of the molecule is Cc1ccccc1N1CCN(C(=O)c2cccc(OCC(C)C)c2)CC1. The topological polar surface area (TPSA) is 32.8 Å². The van der Waals surface area contributed by atoms with Gasteiger partial charge in [-0.05, 0) is 42.7 Å². The van der Waals surface area contributed by atoms with Crippen LogP contribution in [-0.4, -0.2) is 43.6 Å². The third-order valence-corrected chi connectivity index (χ3v) is 4.69. The van der Waals surface area contributed by atoms with E-state index in [0.29, 0.717) is 18.1 Å². The Balaban J connectivity index is 1.62. The number of amides is 1. The Morgan fingerprint density at radius 1 is 1.04 bits per heavy atom. The summed E-state index contributed by atoms with van der Waals surface area (Å²) in [5.41, 5.74) is 3.25. The van der Waals surface area contributed by atoms with Crippen LogP contribution in [0.2, 0.25) is 0 Å². The molecule has 1 heterocycles. The van der Waals surface area contributed by atoms with E-state index in [2.05, 4.69) is 49.9 Å². The molecule has 0 bridgehead atoms. The minimum Gasteiger partial charge on any atom is -0.493 e. The summed E-state index contributed by atoms with van der Waals surface area (Å²) < 4.78 is 5.75. The van der Waals surface area contributed by atoms with Gasteiger partial charge in [-0.2, -0.15) is 0 Å². The van der Waals surface area contributed by atoms with Crippen molar-refractivity contribution in [3.8, 4) is 5.75 Å². The number of hydrogen-bond donors (Lipinski definition) is 0. The van der Waals surface area contributed by atoms with Crippen molar-refractivity contribution < 1.29 is 9.53 Å². The van der Waals surface area contributed by atoms with Crippen LogP contribution in [0, 0.1) is 12.8 Å². The predicted octanol–water partition coefficient (Wildman–Crippen LogP) is 3.99. The average Bonchev–Trinajstić information content (AvgIpc) is 2.66. The third kappa shape index (κ3) is 4.37. The molecule has 1 amide bonds. The van der Waals surface area contributed by atoms with Crippen LogP contribution in [0.4, 0.5) is 5.69 Å². The zero-order chi connectivity index (χ0) is 18.5. The van der Waals surface area contributed by atoms with Gasteiger partial charge in [0.15, 0.2) is 0 Å². The molecule has 1 aliphatic heterocycles. The van der Waals surface area contributed by atoms with Crippen molar-refractivity contribution in [1.82, 2.24) is 4.90 Å². The number of benzene rings is 2. The zero-order valence-corrected chi connectivity index (χ0v) is 15.9. The molecule has 138 valence electrons. The second kappa shape index (κ2) is 8.26. The summed E-state index contributed by atoms with van der Waals surface area (Å²) in [4.78, 5) is 17.2. The molecule has 0 atom stereocenters. The fourth-order valence-corrected chi connectivity index (χ4v) is 3.23. The summed E-state index contributed by atoms with van der Waals surface area (Å²) in [5.74, 6) is 1.32. The molecular weight excluding hydrogens is 324 g/mol. The summed E-state index contributed by atoms with van der Waals surface area (Å²) in [7, 11) is 0. The normalized spacial score (nSPS) is 14.6. The van der Waals surface area contributed by atoms with E-state index in [1.165, 1.54) is 11.3 Å². The van der Waals surface area contributed by atoms with E-state index in [0.717, 1.165) is 31.9 Å². The van der Waals surface area contributed by atoms with Crippen LogP contribution in [0.25, 0.3) is 0 Å². The number of anilines is 1. The summed E-state index contributed by atoms with van der Waals surface area (Å²) in [5, 5.41) is 0. The molecule has 4 nitrogen and oxygen atoms in total. The highest BCUT2D eigenvalue weighted by Crippen LogP contribution is 2.22. The van der Waals surface area contributed by atoms with Crippen LogP contribution in [0.1, 0.15) is 29.8 Å². The van der Waals surface area contributed by atoms with E-state index in [1.54, 1.807) is 0 Å². The van der Waals surface area contributed by atoms with Gasteiger partial charge < -0.3 is 14.5 Å². The van der Waals surface area contributed by atoms with Gasteiger partial charge in [-0.3, -0.25) is 4.79 Å². The van der Waals surface area contributed by atoms with E-state index < -0.39 is 0 Å². The summed E-state index contributed by atoms with van der Waals surface area (Å²) in [6.45, 7) is 10.2. The van der Waals surface area contributed by atoms with E-state index in [9.17, 15) is 4.79 Å². The minimum absolute atomic E-state index is 0.0874. The number of ether oxygens (including phenoxy) is 1. The van der Waals surface area contributed by atoms with Gasteiger partial charge in [0.05, 0.1) is 6.61 Å². The first-order valence-electron chi connectivity index (χ1n) is 9.37. The van der Waals surface area contributed by atoms with Crippen molar-refractivity contribution >= 4 is 11.6 Å². The molecule has 0 unspecified atom stereocenters. The minimum atomic E-state index is 0.0874. The van der Waals surface area contributed by atoms with Crippen LogP contribution in [0.15, 0.2) is 48.5 Å². The molecule has 0 spiro atoms. The van der Waals surface area contributed by atoms with Gasteiger partial charge in [0.1, 0.15) is 5.75 Å². The third-order valence-electron chi connectivity index (χ3n) is 4.69. The average molecular weight is 352 g/mol. The number of nitrogens with zero attached hydrogens (tertiary/aromatic N) is 2. The molecule has 0 aliphatic carbocycles. The lowest BCUT2D eigenvalue weighted by Gasteiger charge is -2.36. The molecule has 26 heavy (non-hydrogen) atoms. The molecule has 0 radical (unpaired) electrons. The van der Waals surface area contributed by atoms with E-state index in [-0.39, 0.29) is 5.91 Å². The fraction of sp³-hybridized carbons (Fsp3) is 0.409. The molecular formula is C22H28N2O2. The maximum Gasteiger partial charge on any atom is 0.254 e. The Hall–Kier alpha value is -2.49. The zero-order valence-electron chi connectivity index (χ0n) is 15.9. The van der Waals surface area contributed by atoms with Crippen molar-refractivity contribution in [1.29, 1.82) is 0 Å². The van der Waals surface area contributed by atoms with Crippen molar-refractivity contribution in [3.05, 3.63) is 59.7 Å². The molecule has 3 rings (SSSR count). The van der Waals surface area contributed by atoms with Crippen LogP contribution < -0.4 is 9.64 Å². The second-order valence-electron chi connectivity index (χ2n) is 7.30. The molecule has 1 aliphatic rings. The maximum atomic E-state index is 12.9. The van der Waals surface area contributed by atoms with E-state index in [4.69, 9.17) is 4.74 Å². The number of piperazine rings is 1. The smallest absolute Gasteiger partial charge is 0.254 e. The van der Waals surface area contributed by atoms with E-state index in [1.807, 2.05) is 29.2 Å². The Morgan fingerprint density at radius 3 is 2.46 bits per heavy atom. The van der Waals surface area contributed by atoms with Crippen LogP contribution in [-0.2, 0) is 0 Å². The number of hydrogen-bond acceptors (Lipinski definition) is 3. The monoisotopic (exact) mass is 352 g/mol. The molecule has 2 aromatic rings. The molecule has 1 saturated heterocycles. The lowest BCUT2D eigenvalue weighted by Crippen LogP contribution is -2.49. The van der Waals surface area contributed by atoms with Crippen molar-refractivity contribution in [2.24, 2.45) is 5.92 Å². The quantitative estimate of drug-likeness (QED) is 0.816. The first-order chi connectivity index (χ1) is 12.5. The van der Waals surface area contributed by atoms with E-state index >= 15 is 0 Å². The Kier molecular flexibility index (Phi) is 5.82. The molecule has 0 aromatic heterocycles. The van der Waals surface area contributed by atoms with Crippen molar-refractivity contribution in [3.63, 3.8) is 0 Å². The number of para-hydroxylation sites is 1. The standard InChI is InChI=1S/C22H28N2O2/c1-17(2)16-26-20-9-6-8-19(15-20)22(25)24-13-11-23(12-14-24)21-10-5-4-7-18(21)3/h4-10,15,17H,11-14,16H2,1-3H3.